The molecule has 0 radical (unpaired) electrons. The molecule has 19 heteroatoms. The van der Waals surface area contributed by atoms with Gasteiger partial charge in [-0.2, -0.15) is 0 Å². The Kier molecular flexibility index (Phi) is 10.7. The summed E-state index contributed by atoms with van der Waals surface area (Å²) in [7, 11) is 0. The fourth-order valence-electron chi connectivity index (χ4n) is 5.94. The number of hydrogen-bond acceptors (Lipinski definition) is 19. The lowest BCUT2D eigenvalue weighted by molar-refractivity contribution is -0.318. The van der Waals surface area contributed by atoms with Crippen molar-refractivity contribution in [2.45, 2.75) is 92.9 Å². The summed E-state index contributed by atoms with van der Waals surface area (Å²) in [5.41, 5.74) is -1.16. The van der Waals surface area contributed by atoms with Crippen LogP contribution in [0.5, 0.6) is 23.0 Å². The van der Waals surface area contributed by atoms with Crippen molar-refractivity contribution in [2.24, 2.45) is 0 Å². The van der Waals surface area contributed by atoms with E-state index >= 15 is 0 Å². The van der Waals surface area contributed by atoms with Crippen LogP contribution in [0.3, 0.4) is 0 Å². The zero-order valence-corrected chi connectivity index (χ0v) is 26.6. The molecule has 0 saturated carbocycles. The van der Waals surface area contributed by atoms with Gasteiger partial charge in [-0.25, -0.2) is 0 Å². The number of ether oxygens (including phenoxy) is 6. The monoisotopic (exact) mass is 726 g/mol. The number of phenolic OH excluding ortho intramolecular Hbond substituents is 2. The van der Waals surface area contributed by atoms with Gasteiger partial charge in [-0.3, -0.25) is 4.79 Å². The summed E-state index contributed by atoms with van der Waals surface area (Å²) >= 11 is 0. The van der Waals surface area contributed by atoms with E-state index in [0.717, 1.165) is 12.1 Å². The van der Waals surface area contributed by atoms with E-state index in [2.05, 4.69) is 0 Å². The molecular weight excluding hydrogens is 688 g/mol. The maximum Gasteiger partial charge on any atom is 0.239 e. The Labute approximate surface area is 287 Å². The van der Waals surface area contributed by atoms with E-state index in [1.54, 1.807) is 0 Å². The van der Waals surface area contributed by atoms with E-state index in [-0.39, 0.29) is 28.4 Å². The number of aliphatic hydroxyl groups is 9. The normalized spacial score (nSPS) is 37.1. The number of hydrogen-bond donors (Lipinski definition) is 11. The van der Waals surface area contributed by atoms with E-state index in [0.29, 0.717) is 0 Å². The molecular formula is C32H38O19. The van der Waals surface area contributed by atoms with Crippen molar-refractivity contribution < 1.29 is 89.0 Å². The summed E-state index contributed by atoms with van der Waals surface area (Å²) in [6.45, 7) is 0.189. The minimum Gasteiger partial charge on any atom is -0.508 e. The maximum absolute atomic E-state index is 14.0. The average molecular weight is 727 g/mol. The zero-order valence-electron chi connectivity index (χ0n) is 26.6. The first kappa shape index (κ1) is 37.1. The lowest BCUT2D eigenvalue weighted by Crippen LogP contribution is -2.61. The number of phenols is 2. The third-order valence-corrected chi connectivity index (χ3v) is 8.92. The van der Waals surface area contributed by atoms with Crippen LogP contribution in [0, 0.1) is 0 Å². The lowest BCUT2D eigenvalue weighted by Gasteiger charge is -2.42. The maximum atomic E-state index is 14.0. The molecule has 14 unspecified atom stereocenters. The van der Waals surface area contributed by atoms with Crippen LogP contribution in [-0.4, -0.2) is 155 Å². The van der Waals surface area contributed by atoms with Gasteiger partial charge in [0.1, 0.15) is 89.3 Å². The van der Waals surface area contributed by atoms with Gasteiger partial charge in [0.25, 0.3) is 0 Å². The van der Waals surface area contributed by atoms with Gasteiger partial charge in [0.05, 0.1) is 19.3 Å². The molecule has 14 atom stereocenters. The molecule has 0 bridgehead atoms. The Hall–Kier alpha value is -3.67. The van der Waals surface area contributed by atoms with Crippen LogP contribution >= 0.6 is 0 Å². The van der Waals surface area contributed by atoms with Gasteiger partial charge >= 0.3 is 0 Å². The molecule has 51 heavy (non-hydrogen) atoms. The smallest absolute Gasteiger partial charge is 0.239 e. The third-order valence-electron chi connectivity index (χ3n) is 8.92. The van der Waals surface area contributed by atoms with Crippen molar-refractivity contribution in [3.8, 4) is 34.3 Å². The van der Waals surface area contributed by atoms with Gasteiger partial charge in [0, 0.05) is 17.7 Å². The van der Waals surface area contributed by atoms with E-state index in [1.807, 2.05) is 0 Å². The number of aliphatic hydroxyl groups excluding tert-OH is 9. The molecule has 3 saturated heterocycles. The van der Waals surface area contributed by atoms with Gasteiger partial charge in [0.15, 0.2) is 12.1 Å². The number of rotatable bonds is 9. The SMILES string of the molecule is CC1OC(OCC2OC(Oc3c(-c4ccc(O)cc4)oc4cc(OC5OC(CO)C(O)C5O)cc(O)c4c3=O)C(O)C(O)C2O)C(O)C(O)C1O. The van der Waals surface area contributed by atoms with Gasteiger partial charge < -0.3 is 89.0 Å². The van der Waals surface area contributed by atoms with Gasteiger partial charge in [-0.1, -0.05) is 0 Å². The fraction of sp³-hybridized carbons (Fsp3) is 0.531. The van der Waals surface area contributed by atoms with Crippen LogP contribution in [0.15, 0.2) is 45.6 Å². The third kappa shape index (κ3) is 7.09. The van der Waals surface area contributed by atoms with Crippen LogP contribution in [0.4, 0.5) is 0 Å². The molecule has 11 N–H and O–H groups in total. The van der Waals surface area contributed by atoms with Crippen molar-refractivity contribution in [3.05, 3.63) is 46.6 Å². The minimum atomic E-state index is -1.98. The largest absolute Gasteiger partial charge is 0.508 e. The zero-order chi connectivity index (χ0) is 36.9. The Bertz CT molecular complexity index is 1730. The van der Waals surface area contributed by atoms with E-state index in [1.165, 1.54) is 31.2 Å². The van der Waals surface area contributed by atoms with Crippen molar-refractivity contribution >= 4 is 11.0 Å². The van der Waals surface area contributed by atoms with Crippen LogP contribution < -0.4 is 14.9 Å². The van der Waals surface area contributed by atoms with Crippen molar-refractivity contribution in [1.29, 1.82) is 0 Å². The summed E-state index contributed by atoms with van der Waals surface area (Å²) in [5, 5.41) is 113. The molecule has 2 aromatic carbocycles. The van der Waals surface area contributed by atoms with E-state index < -0.39 is 122 Å². The molecule has 3 fully saturated rings. The molecule has 3 aliphatic heterocycles. The van der Waals surface area contributed by atoms with Gasteiger partial charge in [-0.15, -0.1) is 0 Å². The summed E-state index contributed by atoms with van der Waals surface area (Å²) < 4.78 is 39.2. The highest BCUT2D eigenvalue weighted by Crippen LogP contribution is 2.39. The van der Waals surface area contributed by atoms with Crippen LogP contribution in [0.2, 0.25) is 0 Å². The first-order valence-electron chi connectivity index (χ1n) is 15.8. The quantitative estimate of drug-likeness (QED) is 0.103. The predicted molar refractivity (Wildman–Crippen MR) is 165 cm³/mol. The Morgan fingerprint density at radius 2 is 1.27 bits per heavy atom. The fourth-order valence-corrected chi connectivity index (χ4v) is 5.94. The Balaban J connectivity index is 1.31. The highest BCUT2D eigenvalue weighted by molar-refractivity contribution is 5.88. The first-order chi connectivity index (χ1) is 24.2. The van der Waals surface area contributed by atoms with Crippen LogP contribution in [0.25, 0.3) is 22.3 Å². The standard InChI is InChI=1S/C32H38O19/c1-10-19(36)23(40)26(43)30(46-10)45-9-17-21(38)24(41)27(44)32(50-17)51-29-22(39)18-14(35)6-13(47-31-25(42)20(37)16(8-33)49-31)7-15(18)48-28(29)11-2-4-12(34)5-3-11/h2-7,10,16-17,19-21,23-27,30-38,40-44H,8-9H2,1H3. The van der Waals surface area contributed by atoms with Crippen molar-refractivity contribution in [1.82, 2.24) is 0 Å². The molecule has 6 rings (SSSR count). The summed E-state index contributed by atoms with van der Waals surface area (Å²) in [4.78, 5) is 14.0. The van der Waals surface area contributed by atoms with Gasteiger partial charge in [-0.05, 0) is 31.2 Å². The molecule has 19 nitrogen and oxygen atoms in total. The van der Waals surface area contributed by atoms with Crippen molar-refractivity contribution in [3.63, 3.8) is 0 Å². The molecule has 3 aromatic rings. The molecule has 280 valence electrons. The second-order valence-electron chi connectivity index (χ2n) is 12.4. The molecule has 1 aromatic heterocycles. The van der Waals surface area contributed by atoms with Crippen LogP contribution in [-0.2, 0) is 18.9 Å². The average Bonchev–Trinajstić information content (AvgIpc) is 3.37. The second-order valence-corrected chi connectivity index (χ2v) is 12.4. The molecule has 3 aliphatic rings. The molecule has 0 aliphatic carbocycles. The number of fused-ring (bicyclic) bond motifs is 1. The van der Waals surface area contributed by atoms with Gasteiger partial charge in [0.2, 0.25) is 23.8 Å². The summed E-state index contributed by atoms with van der Waals surface area (Å²) in [6, 6.07) is 7.37. The van der Waals surface area contributed by atoms with E-state index in [9.17, 15) is 61.0 Å². The predicted octanol–water partition coefficient (Wildman–Crippen LogP) is -3.28. The van der Waals surface area contributed by atoms with Crippen LogP contribution in [0.1, 0.15) is 6.92 Å². The Morgan fingerprint density at radius 1 is 0.686 bits per heavy atom. The summed E-state index contributed by atoms with van der Waals surface area (Å²) in [5.74, 6) is -2.00. The van der Waals surface area contributed by atoms with E-state index in [4.69, 9.17) is 32.8 Å². The number of aromatic hydroxyl groups is 2. The summed E-state index contributed by atoms with van der Waals surface area (Å²) in [6.07, 6.45) is -22.0. The molecule has 4 heterocycles. The van der Waals surface area contributed by atoms with Crippen molar-refractivity contribution in [2.75, 3.05) is 13.2 Å². The lowest BCUT2D eigenvalue weighted by atomic mass is 9.98. The topological polar surface area (TPSA) is 308 Å². The minimum absolute atomic E-state index is 0.139. The Morgan fingerprint density at radius 3 is 1.94 bits per heavy atom. The first-order valence-corrected chi connectivity index (χ1v) is 15.8. The molecule has 0 amide bonds. The molecule has 0 spiro atoms. The number of benzene rings is 2. The highest BCUT2D eigenvalue weighted by Gasteiger charge is 2.48. The second kappa shape index (κ2) is 14.8. The highest BCUT2D eigenvalue weighted by atomic mass is 16.7.